The van der Waals surface area contributed by atoms with Gasteiger partial charge in [-0.15, -0.1) is 0 Å². The second-order valence-electron chi connectivity index (χ2n) is 0.492. The van der Waals surface area contributed by atoms with Crippen molar-refractivity contribution in [3.05, 3.63) is 0 Å². The first-order valence-electron chi connectivity index (χ1n) is 1.36. The van der Waals surface area contributed by atoms with Crippen LogP contribution in [0, 0.1) is 0 Å². The molecule has 0 aromatic heterocycles. The molecule has 0 atom stereocenters. The summed E-state index contributed by atoms with van der Waals surface area (Å²) in [4.78, 5) is 8.89. The summed E-state index contributed by atoms with van der Waals surface area (Å²) in [6.45, 7) is 0.972. The topological polar surface area (TPSA) is 155 Å². The van der Waals surface area contributed by atoms with Crippen LogP contribution in [0.5, 0.6) is 0 Å². The van der Waals surface area contributed by atoms with E-state index in [-0.39, 0.29) is 46.0 Å². The zero-order valence-electron chi connectivity index (χ0n) is 6.26. The van der Waals surface area contributed by atoms with Gasteiger partial charge in [0.15, 0.2) is 0 Å². The molecule has 62 valence electrons. The number of hydrogen-bond donors (Lipinski definition) is 1. The number of aliphatic carboxylic acids is 1. The van der Waals surface area contributed by atoms with E-state index in [1.165, 1.54) is 0 Å². The Morgan fingerprint density at radius 3 is 1.20 bits per heavy atom. The van der Waals surface area contributed by atoms with Crippen LogP contribution in [0.4, 0.5) is 0 Å². The van der Waals surface area contributed by atoms with Crippen molar-refractivity contribution in [3.8, 4) is 0 Å². The molecular formula is C3H13NaO6. The van der Waals surface area contributed by atoms with E-state index in [2.05, 4.69) is 0 Å². The van der Waals surface area contributed by atoms with Gasteiger partial charge in [0.05, 0.1) is 0 Å². The van der Waals surface area contributed by atoms with Crippen molar-refractivity contribution < 1.29 is 61.0 Å². The molecule has 0 saturated carbocycles. The van der Waals surface area contributed by atoms with Crippen LogP contribution >= 0.6 is 0 Å². The maximum absolute atomic E-state index is 8.89. The Hall–Kier alpha value is 0.310. The van der Waals surface area contributed by atoms with Crippen molar-refractivity contribution in [3.63, 3.8) is 0 Å². The Labute approximate surface area is 81.1 Å². The Balaban J connectivity index is -0.00000000625. The van der Waals surface area contributed by atoms with Gasteiger partial charge in [-0.05, 0) is 6.92 Å². The molecule has 0 aliphatic carbocycles. The average molecular weight is 168 g/mol. The molecule has 0 fully saturated rings. The van der Waals surface area contributed by atoms with Gasteiger partial charge < -0.3 is 31.4 Å². The Morgan fingerprint density at radius 1 is 1.20 bits per heavy atom. The number of carboxylic acid groups (broad SMARTS) is 1. The second kappa shape index (κ2) is 58.7. The first-order chi connectivity index (χ1) is 2.73. The predicted octanol–water partition coefficient (Wildman–Crippen LogP) is -7.11. The molecule has 0 aliphatic heterocycles. The average Bonchev–Trinajstić information content (AvgIpc) is 1.41. The fraction of sp³-hybridized carbons (Fsp3) is 0.667. The first-order valence-corrected chi connectivity index (χ1v) is 1.36. The largest absolute Gasteiger partial charge is 1.00 e. The molecule has 0 heterocycles. The van der Waals surface area contributed by atoms with Crippen LogP contribution in [0.15, 0.2) is 0 Å². The van der Waals surface area contributed by atoms with Crippen LogP contribution in [-0.2, 0) is 4.79 Å². The van der Waals surface area contributed by atoms with Crippen molar-refractivity contribution in [2.24, 2.45) is 0 Å². The molecule has 10 heavy (non-hydrogen) atoms. The van der Waals surface area contributed by atoms with Gasteiger partial charge in [-0.1, -0.05) is 0 Å². The van der Waals surface area contributed by atoms with Crippen LogP contribution in [0.2, 0.25) is 0 Å². The van der Waals surface area contributed by atoms with Crippen LogP contribution in [0.25, 0.3) is 0 Å². The number of carbonyl (C=O) groups excluding carboxylic acids is 1. The van der Waals surface area contributed by atoms with Crippen LogP contribution in [0.3, 0.4) is 0 Å². The monoisotopic (exact) mass is 168 g/mol. The number of aliphatic hydroxyl groups is 1. The molecule has 0 aromatic carbocycles. The third-order valence-electron chi connectivity index (χ3n) is 0. The molecule has 0 unspecified atom stereocenters. The molecular weight excluding hydrogens is 155 g/mol. The smallest absolute Gasteiger partial charge is 0.550 e. The van der Waals surface area contributed by atoms with E-state index in [1.54, 1.807) is 0 Å². The summed E-state index contributed by atoms with van der Waals surface area (Å²) in [6, 6.07) is 0. The summed E-state index contributed by atoms with van der Waals surface area (Å²) >= 11 is 0. The maximum Gasteiger partial charge on any atom is 1.00 e. The van der Waals surface area contributed by atoms with E-state index >= 15 is 0 Å². The fourth-order valence-electron chi connectivity index (χ4n) is 0. The van der Waals surface area contributed by atoms with Gasteiger partial charge in [0.25, 0.3) is 0 Å². The summed E-state index contributed by atoms with van der Waals surface area (Å²) in [6.07, 6.45) is 0. The van der Waals surface area contributed by atoms with E-state index in [9.17, 15) is 0 Å². The summed E-state index contributed by atoms with van der Waals surface area (Å²) < 4.78 is 0. The van der Waals surface area contributed by atoms with E-state index in [1.807, 2.05) is 0 Å². The first kappa shape index (κ1) is 48.1. The van der Waals surface area contributed by atoms with E-state index in [0.29, 0.717) is 0 Å². The zero-order valence-corrected chi connectivity index (χ0v) is 8.26. The van der Waals surface area contributed by atoms with Gasteiger partial charge in [-0.3, -0.25) is 0 Å². The fourth-order valence-corrected chi connectivity index (χ4v) is 0. The molecule has 0 radical (unpaired) electrons. The molecule has 0 aliphatic rings. The number of rotatable bonds is 0. The predicted molar refractivity (Wildman–Crippen MR) is 29.7 cm³/mol. The maximum atomic E-state index is 8.89. The molecule has 0 aromatic rings. The van der Waals surface area contributed by atoms with E-state index < -0.39 is 5.97 Å². The Bertz CT molecular complexity index is 36.0. The van der Waals surface area contributed by atoms with Crippen molar-refractivity contribution in [2.75, 3.05) is 7.11 Å². The molecule has 0 bridgehead atoms. The van der Waals surface area contributed by atoms with Crippen molar-refractivity contribution in [2.45, 2.75) is 6.92 Å². The van der Waals surface area contributed by atoms with Crippen LogP contribution in [-0.4, -0.2) is 34.6 Å². The summed E-state index contributed by atoms with van der Waals surface area (Å²) in [7, 11) is 1.00. The molecule has 6 nitrogen and oxygen atoms in total. The molecule has 0 spiro atoms. The standard InChI is InChI=1S/C2H4O2.CH4O.Na.3H2O/c1-2(3)4;1-2;;;;/h1H3,(H,3,4);2H,1H3;;3*1H2/q;;+1;;;/p-1. The quantitative estimate of drug-likeness (QED) is 0.357. The number of carboxylic acids is 1. The number of hydrogen-bond acceptors (Lipinski definition) is 3. The third kappa shape index (κ3) is 4620. The van der Waals surface area contributed by atoms with Gasteiger partial charge in [-0.2, -0.15) is 0 Å². The summed E-state index contributed by atoms with van der Waals surface area (Å²) in [5.74, 6) is -1.08. The minimum atomic E-state index is -1.08. The zero-order chi connectivity index (χ0) is 5.58. The minimum absolute atomic E-state index is 0. The SMILES string of the molecule is CC(=O)[O-].CO.O.O.O.[Na+]. The normalized spacial score (nSPS) is 3.10. The minimum Gasteiger partial charge on any atom is -0.550 e. The van der Waals surface area contributed by atoms with Crippen LogP contribution < -0.4 is 34.7 Å². The van der Waals surface area contributed by atoms with E-state index in [0.717, 1.165) is 14.0 Å². The van der Waals surface area contributed by atoms with E-state index in [4.69, 9.17) is 15.0 Å². The van der Waals surface area contributed by atoms with Gasteiger partial charge >= 0.3 is 29.6 Å². The number of carbonyl (C=O) groups is 1. The van der Waals surface area contributed by atoms with Gasteiger partial charge in [0, 0.05) is 13.1 Å². The summed E-state index contributed by atoms with van der Waals surface area (Å²) in [5.41, 5.74) is 0. The van der Waals surface area contributed by atoms with Gasteiger partial charge in [0.1, 0.15) is 0 Å². The number of aliphatic hydroxyl groups excluding tert-OH is 1. The second-order valence-corrected chi connectivity index (χ2v) is 0.492. The van der Waals surface area contributed by atoms with Gasteiger partial charge in [0.2, 0.25) is 0 Å². The molecule has 7 heteroatoms. The summed E-state index contributed by atoms with van der Waals surface area (Å²) in [5, 5.41) is 15.9. The molecule has 7 N–H and O–H groups in total. The van der Waals surface area contributed by atoms with Crippen LogP contribution in [0.1, 0.15) is 6.92 Å². The molecule has 0 amide bonds. The Kier molecular flexibility index (Phi) is 282. The third-order valence-corrected chi connectivity index (χ3v) is 0. The Morgan fingerprint density at radius 2 is 1.20 bits per heavy atom. The van der Waals surface area contributed by atoms with Crippen molar-refractivity contribution in [1.29, 1.82) is 0 Å². The molecule has 0 rings (SSSR count). The molecule has 0 saturated heterocycles. The van der Waals surface area contributed by atoms with Crippen molar-refractivity contribution in [1.82, 2.24) is 0 Å². The van der Waals surface area contributed by atoms with Gasteiger partial charge in [-0.25, -0.2) is 0 Å². The van der Waals surface area contributed by atoms with Crippen molar-refractivity contribution >= 4 is 5.97 Å².